The molecule has 36 heavy (non-hydrogen) atoms. The van der Waals surface area contributed by atoms with Crippen LogP contribution >= 0.6 is 0 Å². The number of nitrogens with zero attached hydrogens (tertiary/aromatic N) is 2. The highest BCUT2D eigenvalue weighted by molar-refractivity contribution is 6.37. The Bertz CT molecular complexity index is 857. The van der Waals surface area contributed by atoms with E-state index in [9.17, 15) is 24.1 Å². The highest BCUT2D eigenvalue weighted by atomic mass is 16.3. The van der Waals surface area contributed by atoms with Gasteiger partial charge in [0.05, 0.1) is 6.54 Å². The fourth-order valence-corrected chi connectivity index (χ4v) is 5.47. The number of amides is 3. The van der Waals surface area contributed by atoms with Gasteiger partial charge < -0.3 is 15.5 Å². The van der Waals surface area contributed by atoms with E-state index in [0.29, 0.717) is 19.4 Å². The van der Waals surface area contributed by atoms with Crippen LogP contribution in [0.5, 0.6) is 0 Å². The molecule has 10 heteroatoms. The van der Waals surface area contributed by atoms with Gasteiger partial charge in [-0.3, -0.25) is 24.5 Å². The van der Waals surface area contributed by atoms with Gasteiger partial charge in [-0.05, 0) is 44.9 Å². The molecule has 3 rings (SSSR count). The van der Waals surface area contributed by atoms with Crippen molar-refractivity contribution in [2.24, 2.45) is 5.41 Å². The van der Waals surface area contributed by atoms with Gasteiger partial charge in [0.15, 0.2) is 0 Å². The molecule has 3 aliphatic rings. The summed E-state index contributed by atoms with van der Waals surface area (Å²) < 4.78 is 0.841. The van der Waals surface area contributed by atoms with Gasteiger partial charge in [-0.25, -0.2) is 0 Å². The maximum atomic E-state index is 13.7. The lowest BCUT2D eigenvalue weighted by Gasteiger charge is -2.37. The van der Waals surface area contributed by atoms with Gasteiger partial charge in [0.2, 0.25) is 18.4 Å². The number of rotatable bonds is 11. The van der Waals surface area contributed by atoms with Crippen LogP contribution in [-0.4, -0.2) is 76.6 Å². The number of Topliss-reactive ketones (excluding diaryl/α,β-unsaturated/α-hetero) is 1. The molecule has 2 atom stereocenters. The third-order valence-electron chi connectivity index (χ3n) is 7.87. The van der Waals surface area contributed by atoms with Crippen molar-refractivity contribution in [3.8, 4) is 0 Å². The molecule has 0 unspecified atom stereocenters. The van der Waals surface area contributed by atoms with E-state index in [-0.39, 0.29) is 24.2 Å². The summed E-state index contributed by atoms with van der Waals surface area (Å²) in [5.74, 6) is -2.24. The fraction of sp³-hybridized carbons (Fsp3) is 0.846. The molecule has 1 aliphatic heterocycles. The largest absolute Gasteiger partial charge is 0.347 e. The minimum Gasteiger partial charge on any atom is -0.347 e. The summed E-state index contributed by atoms with van der Waals surface area (Å²) >= 11 is 0. The van der Waals surface area contributed by atoms with Crippen molar-refractivity contribution < 1.29 is 23.9 Å². The predicted octanol–water partition coefficient (Wildman–Crippen LogP) is 1.79. The number of nitroso groups, excluding NO2 is 1. The predicted molar refractivity (Wildman–Crippen MR) is 135 cm³/mol. The number of hydrogen-bond acceptors (Lipinski definition) is 6. The van der Waals surface area contributed by atoms with E-state index in [1.165, 1.54) is 11.3 Å². The third-order valence-corrected chi connectivity index (χ3v) is 7.87. The Morgan fingerprint density at radius 1 is 1.03 bits per heavy atom. The second-order valence-corrected chi connectivity index (χ2v) is 11.8. The second kappa shape index (κ2) is 11.8. The summed E-state index contributed by atoms with van der Waals surface area (Å²) in [7, 11) is 0. The standard InChI is InChI=1S/C26H43N5O5/c1-5-26(13-7-6-8-14-26)28-17-31(36)21(25(2,3)4)24(35)30-15-9-10-19(30)22(33)27-16-20(32)23(34)29-18-11-12-18/h18-19,21,28H,5-17H2,1-4H3,(H-,27,29,33,34)/p+1/t19-,21+/m0/s1. The molecule has 0 radical (unpaired) electrons. The zero-order valence-electron chi connectivity index (χ0n) is 22.4. The van der Waals surface area contributed by atoms with Crippen LogP contribution in [-0.2, 0) is 19.2 Å². The van der Waals surface area contributed by atoms with E-state index in [4.69, 9.17) is 0 Å². The van der Waals surface area contributed by atoms with Crippen LogP contribution in [0.15, 0.2) is 0 Å². The van der Waals surface area contributed by atoms with Crippen LogP contribution < -0.4 is 16.0 Å². The minimum atomic E-state index is -0.957. The lowest BCUT2D eigenvalue weighted by atomic mass is 9.80. The van der Waals surface area contributed by atoms with Crippen LogP contribution in [0.4, 0.5) is 0 Å². The van der Waals surface area contributed by atoms with Crippen molar-refractivity contribution in [3.05, 3.63) is 4.91 Å². The molecule has 0 bridgehead atoms. The molecule has 1 heterocycles. The summed E-state index contributed by atoms with van der Waals surface area (Å²) in [6.07, 6.45) is 9.28. The molecule has 2 aliphatic carbocycles. The van der Waals surface area contributed by atoms with Crippen molar-refractivity contribution in [2.45, 2.75) is 116 Å². The van der Waals surface area contributed by atoms with E-state index in [1.807, 2.05) is 20.8 Å². The number of likely N-dealkylation sites (tertiary alicyclic amines) is 1. The summed E-state index contributed by atoms with van der Waals surface area (Å²) in [5.41, 5.74) is -0.715. The molecular weight excluding hydrogens is 462 g/mol. The number of ketones is 1. The molecule has 0 aromatic rings. The summed E-state index contributed by atoms with van der Waals surface area (Å²) in [6.45, 7) is 7.73. The Morgan fingerprint density at radius 3 is 2.28 bits per heavy atom. The number of carbonyl (C=O) groups excluding carboxylic acids is 4. The third kappa shape index (κ3) is 7.11. The van der Waals surface area contributed by atoms with E-state index >= 15 is 0 Å². The Morgan fingerprint density at radius 2 is 1.69 bits per heavy atom. The number of hydrogen-bond donors (Lipinski definition) is 3. The van der Waals surface area contributed by atoms with Gasteiger partial charge in [-0.15, -0.1) is 0 Å². The molecule has 2 saturated carbocycles. The molecule has 202 valence electrons. The van der Waals surface area contributed by atoms with E-state index in [1.54, 1.807) is 0 Å². The van der Waals surface area contributed by atoms with Gasteiger partial charge in [-0.1, -0.05) is 47.0 Å². The molecular formula is C26H44N5O5+. The highest BCUT2D eigenvalue weighted by Crippen LogP contribution is 2.32. The number of carbonyl (C=O) groups is 4. The molecule has 10 nitrogen and oxygen atoms in total. The molecule has 3 fully saturated rings. The number of nitrogens with one attached hydrogen (secondary N) is 3. The first kappa shape index (κ1) is 28.2. The zero-order valence-corrected chi connectivity index (χ0v) is 22.4. The quantitative estimate of drug-likeness (QED) is 0.223. The highest BCUT2D eigenvalue weighted by Gasteiger charge is 2.50. The van der Waals surface area contributed by atoms with Crippen LogP contribution in [0.1, 0.15) is 91.9 Å². The first-order valence-electron chi connectivity index (χ1n) is 13.6. The summed E-state index contributed by atoms with van der Waals surface area (Å²) in [6, 6.07) is -1.66. The Labute approximate surface area is 214 Å². The summed E-state index contributed by atoms with van der Waals surface area (Å²) in [5, 5.41) is 8.60. The average molecular weight is 507 g/mol. The smallest absolute Gasteiger partial charge is 0.297 e. The maximum Gasteiger partial charge on any atom is 0.297 e. The van der Waals surface area contributed by atoms with E-state index in [2.05, 4.69) is 22.9 Å². The van der Waals surface area contributed by atoms with E-state index in [0.717, 1.165) is 49.7 Å². The van der Waals surface area contributed by atoms with Crippen molar-refractivity contribution in [1.29, 1.82) is 0 Å². The van der Waals surface area contributed by atoms with Crippen LogP contribution in [0.2, 0.25) is 0 Å². The molecule has 0 aromatic heterocycles. The normalized spacial score (nSPS) is 22.6. The Hall–Kier alpha value is -2.36. The lowest BCUT2D eigenvalue weighted by molar-refractivity contribution is -0.593. The van der Waals surface area contributed by atoms with Crippen molar-refractivity contribution >= 4 is 23.5 Å². The summed E-state index contributed by atoms with van der Waals surface area (Å²) in [4.78, 5) is 65.3. The lowest BCUT2D eigenvalue weighted by Crippen LogP contribution is -2.58. The Kier molecular flexibility index (Phi) is 9.24. The van der Waals surface area contributed by atoms with Crippen LogP contribution in [0.25, 0.3) is 0 Å². The van der Waals surface area contributed by atoms with Crippen molar-refractivity contribution in [1.82, 2.24) is 20.9 Å². The van der Waals surface area contributed by atoms with Crippen LogP contribution in [0, 0.1) is 10.3 Å². The van der Waals surface area contributed by atoms with E-state index < -0.39 is 41.6 Å². The van der Waals surface area contributed by atoms with Crippen molar-refractivity contribution in [2.75, 3.05) is 19.8 Å². The Balaban J connectivity index is 1.62. The molecule has 3 N–H and O–H groups in total. The average Bonchev–Trinajstić information content (AvgIpc) is 3.51. The second-order valence-electron chi connectivity index (χ2n) is 11.8. The van der Waals surface area contributed by atoms with Gasteiger partial charge in [0.1, 0.15) is 6.04 Å². The van der Waals surface area contributed by atoms with Gasteiger partial charge in [0.25, 0.3) is 17.9 Å². The molecule has 3 amide bonds. The zero-order chi connectivity index (χ0) is 26.5. The topological polar surface area (TPSA) is 128 Å². The monoisotopic (exact) mass is 506 g/mol. The van der Waals surface area contributed by atoms with Gasteiger partial charge in [-0.2, -0.15) is 0 Å². The molecule has 1 saturated heterocycles. The van der Waals surface area contributed by atoms with Gasteiger partial charge >= 0.3 is 0 Å². The maximum absolute atomic E-state index is 13.7. The van der Waals surface area contributed by atoms with Gasteiger partial charge in [0, 0.05) is 33.2 Å². The molecule has 0 spiro atoms. The minimum absolute atomic E-state index is 0.0524. The first-order valence-corrected chi connectivity index (χ1v) is 13.6. The van der Waals surface area contributed by atoms with Crippen molar-refractivity contribution in [3.63, 3.8) is 0 Å². The van der Waals surface area contributed by atoms with Crippen LogP contribution in [0.3, 0.4) is 0 Å². The fourth-order valence-electron chi connectivity index (χ4n) is 5.47. The SMILES string of the molecule is CCC1(NC[N+](=O)[C@H](C(=O)N2CCC[C@H]2C(=O)NCC(=O)C(=O)NC2CC2)C(C)(C)C)CCCCC1. The first-order chi connectivity index (χ1) is 17.0. The molecule has 0 aromatic carbocycles.